The van der Waals surface area contributed by atoms with Gasteiger partial charge in [-0.3, -0.25) is 4.79 Å². The molecule has 0 unspecified atom stereocenters. The zero-order chi connectivity index (χ0) is 21.3. The highest BCUT2D eigenvalue weighted by Gasteiger charge is 2.50. The number of ether oxygens (including phenoxy) is 2. The van der Waals surface area contributed by atoms with Crippen LogP contribution in [0.1, 0.15) is 39.0 Å². The highest BCUT2D eigenvalue weighted by molar-refractivity contribution is 5.86. The highest BCUT2D eigenvalue weighted by atomic mass is 16.7. The summed E-state index contributed by atoms with van der Waals surface area (Å²) in [5, 5.41) is 26.9. The number of aliphatic hydroxyl groups is 2. The normalized spacial score (nSPS) is 48.0. The molecule has 168 valence electrons. The third-order valence-corrected chi connectivity index (χ3v) is 6.58. The molecule has 10 heteroatoms. The van der Waals surface area contributed by atoms with Gasteiger partial charge in [-0.2, -0.15) is 0 Å². The number of hydrogen-bond donors (Lipinski definition) is 7. The molecule has 0 aromatic heterocycles. The minimum atomic E-state index is -1.45. The summed E-state index contributed by atoms with van der Waals surface area (Å²) in [4.78, 5) is 12.4. The molecule has 1 heterocycles. The first kappa shape index (κ1) is 22.8. The van der Waals surface area contributed by atoms with E-state index in [0.29, 0.717) is 13.0 Å². The molecule has 0 bridgehead atoms. The lowest BCUT2D eigenvalue weighted by Crippen LogP contribution is -2.66. The number of nitrogens with one attached hydrogen (secondary N) is 2. The van der Waals surface area contributed by atoms with E-state index in [1.165, 1.54) is 0 Å². The Morgan fingerprint density at radius 1 is 1.24 bits per heavy atom. The standard InChI is InChI=1S/C19H37N5O5/c1-9-15(25)14(24-18(26)19(27)6-10(20)7-19)5-13(22)16(9)29-17-12(21)4-3-11(28-17)8-23-2/h9-17,23,25,27H,3-8,20-22H2,1-2H3,(H,24,26)/t9-,10?,11+,12-,13+,14-,15-,16+,17-,19?/m1/s1. The molecule has 29 heavy (non-hydrogen) atoms. The Morgan fingerprint density at radius 2 is 1.93 bits per heavy atom. The van der Waals surface area contributed by atoms with Crippen molar-refractivity contribution in [2.24, 2.45) is 23.1 Å². The van der Waals surface area contributed by atoms with Crippen molar-refractivity contribution in [3.8, 4) is 0 Å². The van der Waals surface area contributed by atoms with Gasteiger partial charge in [0.25, 0.3) is 5.91 Å². The fraction of sp³-hybridized carbons (Fsp3) is 0.947. The molecule has 1 amide bonds. The molecule has 0 radical (unpaired) electrons. The first-order valence-corrected chi connectivity index (χ1v) is 10.6. The zero-order valence-electron chi connectivity index (χ0n) is 17.3. The Balaban J connectivity index is 1.58. The Hall–Kier alpha value is -0.850. The Kier molecular flexibility index (Phi) is 7.17. The zero-order valence-corrected chi connectivity index (χ0v) is 17.3. The highest BCUT2D eigenvalue weighted by Crippen LogP contribution is 2.33. The van der Waals surface area contributed by atoms with E-state index in [1.807, 2.05) is 14.0 Å². The van der Waals surface area contributed by atoms with E-state index >= 15 is 0 Å². The Labute approximate surface area is 171 Å². The van der Waals surface area contributed by atoms with E-state index in [4.69, 9.17) is 26.7 Å². The van der Waals surface area contributed by atoms with Gasteiger partial charge in [0.15, 0.2) is 6.29 Å². The smallest absolute Gasteiger partial charge is 0.252 e. The van der Waals surface area contributed by atoms with Crippen LogP contribution in [0, 0.1) is 5.92 Å². The number of nitrogens with two attached hydrogens (primary N) is 3. The molecule has 2 aliphatic carbocycles. The predicted octanol–water partition coefficient (Wildman–Crippen LogP) is -2.51. The van der Waals surface area contributed by atoms with E-state index < -0.39 is 42.1 Å². The van der Waals surface area contributed by atoms with Gasteiger partial charge in [0.05, 0.1) is 30.4 Å². The van der Waals surface area contributed by atoms with Gasteiger partial charge in [0.1, 0.15) is 5.60 Å². The summed E-state index contributed by atoms with van der Waals surface area (Å²) in [7, 11) is 1.87. The second-order valence-corrected chi connectivity index (χ2v) is 9.06. The van der Waals surface area contributed by atoms with Crippen LogP contribution in [0.4, 0.5) is 0 Å². The van der Waals surface area contributed by atoms with E-state index in [9.17, 15) is 15.0 Å². The number of carbonyl (C=O) groups is 1. The van der Waals surface area contributed by atoms with Crippen LogP contribution in [0.25, 0.3) is 0 Å². The molecular formula is C19H37N5O5. The van der Waals surface area contributed by atoms with Gasteiger partial charge in [-0.05, 0) is 26.3 Å². The molecule has 2 saturated carbocycles. The van der Waals surface area contributed by atoms with Crippen molar-refractivity contribution in [1.82, 2.24) is 10.6 Å². The van der Waals surface area contributed by atoms with Crippen LogP contribution in [-0.2, 0) is 14.3 Å². The first-order valence-electron chi connectivity index (χ1n) is 10.6. The van der Waals surface area contributed by atoms with Crippen molar-refractivity contribution in [2.45, 2.75) is 93.4 Å². The quantitative estimate of drug-likeness (QED) is 0.247. The third kappa shape index (κ3) is 4.91. The minimum Gasteiger partial charge on any atom is -0.391 e. The second kappa shape index (κ2) is 9.11. The third-order valence-electron chi connectivity index (χ3n) is 6.58. The summed E-state index contributed by atoms with van der Waals surface area (Å²) < 4.78 is 12.1. The topological polar surface area (TPSA) is 178 Å². The van der Waals surface area contributed by atoms with Crippen molar-refractivity contribution >= 4 is 5.91 Å². The minimum absolute atomic E-state index is 0.0199. The number of rotatable bonds is 6. The monoisotopic (exact) mass is 415 g/mol. The Bertz CT molecular complexity index is 575. The molecule has 1 aliphatic heterocycles. The molecule has 10 N–H and O–H groups in total. The number of amides is 1. The number of carbonyl (C=O) groups excluding carboxylic acids is 1. The largest absolute Gasteiger partial charge is 0.391 e. The summed E-state index contributed by atoms with van der Waals surface area (Å²) in [6.45, 7) is 2.54. The van der Waals surface area contributed by atoms with E-state index in [0.717, 1.165) is 12.8 Å². The van der Waals surface area contributed by atoms with Gasteiger partial charge in [-0.15, -0.1) is 0 Å². The molecule has 8 atom stereocenters. The van der Waals surface area contributed by atoms with Crippen LogP contribution in [-0.4, -0.2) is 84.1 Å². The van der Waals surface area contributed by atoms with Gasteiger partial charge >= 0.3 is 0 Å². The molecule has 3 fully saturated rings. The molecule has 0 spiro atoms. The molecule has 1 saturated heterocycles. The van der Waals surface area contributed by atoms with Crippen LogP contribution in [0.15, 0.2) is 0 Å². The van der Waals surface area contributed by atoms with Crippen LogP contribution in [0.3, 0.4) is 0 Å². The van der Waals surface area contributed by atoms with Crippen LogP contribution < -0.4 is 27.8 Å². The van der Waals surface area contributed by atoms with E-state index in [1.54, 1.807) is 0 Å². The van der Waals surface area contributed by atoms with Crippen molar-refractivity contribution in [3.63, 3.8) is 0 Å². The van der Waals surface area contributed by atoms with E-state index in [-0.39, 0.29) is 36.9 Å². The van der Waals surface area contributed by atoms with E-state index in [2.05, 4.69) is 10.6 Å². The van der Waals surface area contributed by atoms with Crippen LogP contribution in [0.5, 0.6) is 0 Å². The van der Waals surface area contributed by atoms with Gasteiger partial charge < -0.3 is 47.5 Å². The van der Waals surface area contributed by atoms with Crippen molar-refractivity contribution in [2.75, 3.05) is 13.6 Å². The summed E-state index contributed by atoms with van der Waals surface area (Å²) in [6, 6.07) is -1.41. The van der Waals surface area contributed by atoms with Crippen molar-refractivity contribution < 1.29 is 24.5 Å². The lowest BCUT2D eigenvalue weighted by atomic mass is 9.74. The summed E-state index contributed by atoms with van der Waals surface area (Å²) in [6.07, 6.45) is 0.525. The van der Waals surface area contributed by atoms with Gasteiger partial charge in [-0.1, -0.05) is 6.92 Å². The molecule has 3 aliphatic rings. The summed E-state index contributed by atoms with van der Waals surface area (Å²) in [5.74, 6) is -0.850. The maximum Gasteiger partial charge on any atom is 0.252 e. The average Bonchev–Trinajstić information content (AvgIpc) is 2.64. The molecule has 0 aromatic rings. The SMILES string of the molecule is CNC[C@@H]1CC[C@@H](N)[C@@H](O[C@H]2[C@H](C)[C@@H](O)[C@H](NC(=O)C3(O)CC(N)C3)C[C@@H]2N)O1. The predicted molar refractivity (Wildman–Crippen MR) is 107 cm³/mol. The maximum absolute atomic E-state index is 12.4. The van der Waals surface area contributed by atoms with Crippen molar-refractivity contribution in [1.29, 1.82) is 0 Å². The molecule has 0 aromatic carbocycles. The fourth-order valence-electron chi connectivity index (χ4n) is 4.72. The maximum atomic E-state index is 12.4. The number of likely N-dealkylation sites (N-methyl/N-ethyl adjacent to an activating group) is 1. The van der Waals surface area contributed by atoms with Gasteiger partial charge in [0.2, 0.25) is 0 Å². The number of hydrogen-bond acceptors (Lipinski definition) is 9. The number of aliphatic hydroxyl groups excluding tert-OH is 1. The molecule has 10 nitrogen and oxygen atoms in total. The molecule has 3 rings (SSSR count). The van der Waals surface area contributed by atoms with Gasteiger partial charge in [-0.25, -0.2) is 0 Å². The van der Waals surface area contributed by atoms with Crippen LogP contribution >= 0.6 is 0 Å². The van der Waals surface area contributed by atoms with Crippen LogP contribution in [0.2, 0.25) is 0 Å². The average molecular weight is 416 g/mol. The van der Waals surface area contributed by atoms with Gasteiger partial charge in [0, 0.05) is 37.4 Å². The second-order valence-electron chi connectivity index (χ2n) is 9.06. The Morgan fingerprint density at radius 3 is 2.55 bits per heavy atom. The molecular weight excluding hydrogens is 378 g/mol. The lowest BCUT2D eigenvalue weighted by Gasteiger charge is -2.47. The summed E-state index contributed by atoms with van der Waals surface area (Å²) >= 11 is 0. The first-order chi connectivity index (χ1) is 13.6. The van der Waals surface area contributed by atoms with Crippen molar-refractivity contribution in [3.05, 3.63) is 0 Å². The fourth-order valence-corrected chi connectivity index (χ4v) is 4.72. The lowest BCUT2D eigenvalue weighted by molar-refractivity contribution is -0.243. The summed E-state index contributed by atoms with van der Waals surface area (Å²) in [5.41, 5.74) is 16.8.